The first-order valence-electron chi connectivity index (χ1n) is 4.60. The second-order valence-corrected chi connectivity index (χ2v) is 4.58. The molecular weight excluding hydrogens is 211 g/mol. The molecule has 2 rings (SSSR count). The van der Waals surface area contributed by atoms with Gasteiger partial charge in [0, 0.05) is 17.5 Å². The summed E-state index contributed by atoms with van der Waals surface area (Å²) >= 11 is 1.40. The molecule has 1 aromatic carbocycles. The van der Waals surface area contributed by atoms with E-state index in [0.717, 1.165) is 10.4 Å². The van der Waals surface area contributed by atoms with Gasteiger partial charge in [-0.3, -0.25) is 0 Å². The maximum absolute atomic E-state index is 13.5. The zero-order valence-corrected chi connectivity index (χ0v) is 9.14. The highest BCUT2D eigenvalue weighted by molar-refractivity contribution is 7.15. The molecule has 0 aliphatic carbocycles. The lowest BCUT2D eigenvalue weighted by molar-refractivity contribution is 0.613. The highest BCUT2D eigenvalue weighted by Crippen LogP contribution is 2.20. The molecule has 0 atom stereocenters. The Bertz CT molecular complexity index is 479. The van der Waals surface area contributed by atoms with Crippen LogP contribution in [0.4, 0.5) is 9.52 Å². The molecule has 1 aromatic heterocycles. The number of hydrogen-bond donors (Lipinski definition) is 1. The van der Waals surface area contributed by atoms with Crippen LogP contribution in [0, 0.1) is 12.7 Å². The molecule has 0 aliphatic heterocycles. The van der Waals surface area contributed by atoms with Crippen molar-refractivity contribution in [3.05, 3.63) is 46.2 Å². The van der Waals surface area contributed by atoms with Crippen LogP contribution in [0.15, 0.2) is 24.4 Å². The van der Waals surface area contributed by atoms with Gasteiger partial charge in [0.25, 0.3) is 0 Å². The summed E-state index contributed by atoms with van der Waals surface area (Å²) in [5.41, 5.74) is 7.12. The van der Waals surface area contributed by atoms with Gasteiger partial charge in [-0.05, 0) is 24.1 Å². The molecule has 0 radical (unpaired) electrons. The molecule has 2 aromatic rings. The summed E-state index contributed by atoms with van der Waals surface area (Å²) < 4.78 is 13.5. The molecule has 2 N–H and O–H groups in total. The Morgan fingerprint density at radius 3 is 2.87 bits per heavy atom. The fourth-order valence-electron chi connectivity index (χ4n) is 1.39. The lowest BCUT2D eigenvalue weighted by Crippen LogP contribution is -1.91. The molecule has 15 heavy (non-hydrogen) atoms. The smallest absolute Gasteiger partial charge is 0.180 e. The van der Waals surface area contributed by atoms with Crippen LogP contribution in [0.1, 0.15) is 16.0 Å². The van der Waals surface area contributed by atoms with Gasteiger partial charge < -0.3 is 5.73 Å². The fraction of sp³-hybridized carbons (Fsp3) is 0.182. The number of nitrogens with two attached hydrogens (primary N) is 1. The monoisotopic (exact) mass is 222 g/mol. The van der Waals surface area contributed by atoms with Crippen molar-refractivity contribution < 1.29 is 4.39 Å². The molecule has 0 fully saturated rings. The van der Waals surface area contributed by atoms with Crippen molar-refractivity contribution in [2.24, 2.45) is 0 Å². The Balaban J connectivity index is 2.24. The molecule has 0 aliphatic rings. The molecular formula is C11H11FN2S. The summed E-state index contributed by atoms with van der Waals surface area (Å²) in [6.45, 7) is 1.87. The van der Waals surface area contributed by atoms with Gasteiger partial charge in [-0.2, -0.15) is 0 Å². The third-order valence-corrected chi connectivity index (χ3v) is 2.97. The zero-order valence-electron chi connectivity index (χ0n) is 8.33. The quantitative estimate of drug-likeness (QED) is 0.848. The van der Waals surface area contributed by atoms with Gasteiger partial charge in [0.2, 0.25) is 0 Å². The molecule has 0 unspecified atom stereocenters. The second-order valence-electron chi connectivity index (χ2n) is 3.44. The van der Waals surface area contributed by atoms with E-state index in [4.69, 9.17) is 5.73 Å². The van der Waals surface area contributed by atoms with Crippen molar-refractivity contribution in [3.8, 4) is 0 Å². The van der Waals surface area contributed by atoms with Gasteiger partial charge in [-0.15, -0.1) is 11.3 Å². The Morgan fingerprint density at radius 1 is 1.47 bits per heavy atom. The summed E-state index contributed by atoms with van der Waals surface area (Å²) in [4.78, 5) is 4.92. The third kappa shape index (κ3) is 2.33. The molecule has 2 nitrogen and oxygen atoms in total. The van der Waals surface area contributed by atoms with Crippen molar-refractivity contribution in [1.29, 1.82) is 0 Å². The van der Waals surface area contributed by atoms with Crippen LogP contribution < -0.4 is 5.73 Å². The molecule has 4 heteroatoms. The van der Waals surface area contributed by atoms with Crippen molar-refractivity contribution in [3.63, 3.8) is 0 Å². The van der Waals surface area contributed by atoms with Crippen molar-refractivity contribution in [2.75, 3.05) is 5.73 Å². The molecule has 0 amide bonds. The molecule has 0 saturated heterocycles. The summed E-state index contributed by atoms with van der Waals surface area (Å²) in [7, 11) is 0. The topological polar surface area (TPSA) is 38.9 Å². The van der Waals surface area contributed by atoms with Crippen LogP contribution in [0.5, 0.6) is 0 Å². The lowest BCUT2D eigenvalue weighted by atomic mass is 10.1. The Labute approximate surface area is 91.6 Å². The van der Waals surface area contributed by atoms with Crippen LogP contribution in [0.3, 0.4) is 0 Å². The molecule has 0 bridgehead atoms. The Kier molecular flexibility index (Phi) is 2.68. The second kappa shape index (κ2) is 3.98. The number of halogens is 1. The number of benzene rings is 1. The summed E-state index contributed by atoms with van der Waals surface area (Å²) in [5.74, 6) is -0.165. The minimum absolute atomic E-state index is 0.165. The van der Waals surface area contributed by atoms with Gasteiger partial charge in [-0.25, -0.2) is 9.37 Å². The number of hydrogen-bond acceptors (Lipinski definition) is 3. The summed E-state index contributed by atoms with van der Waals surface area (Å²) in [6, 6.07) is 5.25. The number of thiazole rings is 1. The van der Waals surface area contributed by atoms with E-state index in [9.17, 15) is 4.39 Å². The highest BCUT2D eigenvalue weighted by atomic mass is 32.1. The minimum atomic E-state index is -0.165. The van der Waals surface area contributed by atoms with Crippen LogP contribution in [0.2, 0.25) is 0 Å². The maximum Gasteiger partial charge on any atom is 0.180 e. The predicted molar refractivity (Wildman–Crippen MR) is 60.5 cm³/mol. The lowest BCUT2D eigenvalue weighted by Gasteiger charge is -2.01. The van der Waals surface area contributed by atoms with Crippen LogP contribution in [-0.4, -0.2) is 4.98 Å². The van der Waals surface area contributed by atoms with Crippen molar-refractivity contribution in [2.45, 2.75) is 13.3 Å². The average molecular weight is 222 g/mol. The largest absolute Gasteiger partial charge is 0.375 e. The molecule has 1 heterocycles. The Morgan fingerprint density at radius 2 is 2.27 bits per heavy atom. The average Bonchev–Trinajstić information content (AvgIpc) is 2.56. The van der Waals surface area contributed by atoms with Gasteiger partial charge in [0.05, 0.1) is 0 Å². The van der Waals surface area contributed by atoms with Crippen molar-refractivity contribution >= 4 is 16.5 Å². The summed E-state index contributed by atoms with van der Waals surface area (Å²) in [5, 5.41) is 0.525. The minimum Gasteiger partial charge on any atom is -0.375 e. The maximum atomic E-state index is 13.5. The number of aromatic nitrogens is 1. The van der Waals surface area contributed by atoms with Gasteiger partial charge in [0.15, 0.2) is 5.13 Å². The molecule has 0 spiro atoms. The predicted octanol–water partition coefficient (Wildman–Crippen LogP) is 2.76. The SMILES string of the molecule is Cc1ccc(Cc2cnc(N)s2)c(F)c1. The van der Waals surface area contributed by atoms with E-state index in [2.05, 4.69) is 4.98 Å². The van der Waals surface area contributed by atoms with Gasteiger partial charge >= 0.3 is 0 Å². The first-order chi connectivity index (χ1) is 7.15. The zero-order chi connectivity index (χ0) is 10.8. The number of rotatable bonds is 2. The van der Waals surface area contributed by atoms with E-state index in [-0.39, 0.29) is 5.82 Å². The first kappa shape index (κ1) is 10.1. The van der Waals surface area contributed by atoms with E-state index in [1.165, 1.54) is 11.3 Å². The Hall–Kier alpha value is -1.42. The van der Waals surface area contributed by atoms with E-state index in [0.29, 0.717) is 17.1 Å². The first-order valence-corrected chi connectivity index (χ1v) is 5.42. The van der Waals surface area contributed by atoms with Gasteiger partial charge in [-0.1, -0.05) is 12.1 Å². The van der Waals surface area contributed by atoms with Crippen LogP contribution >= 0.6 is 11.3 Å². The van der Waals surface area contributed by atoms with E-state index < -0.39 is 0 Å². The standard InChI is InChI=1S/C11H11FN2S/c1-7-2-3-8(10(12)4-7)5-9-6-14-11(13)15-9/h2-4,6H,5H2,1H3,(H2,13,14). The van der Waals surface area contributed by atoms with Crippen LogP contribution in [0.25, 0.3) is 0 Å². The number of nitrogen functional groups attached to an aromatic ring is 1. The van der Waals surface area contributed by atoms with Crippen LogP contribution in [-0.2, 0) is 6.42 Å². The van der Waals surface area contributed by atoms with E-state index >= 15 is 0 Å². The summed E-state index contributed by atoms with van der Waals surface area (Å²) in [6.07, 6.45) is 2.25. The normalized spacial score (nSPS) is 10.5. The van der Waals surface area contributed by atoms with E-state index in [1.807, 2.05) is 13.0 Å². The van der Waals surface area contributed by atoms with E-state index in [1.54, 1.807) is 18.3 Å². The number of nitrogens with zero attached hydrogens (tertiary/aromatic N) is 1. The molecule has 78 valence electrons. The third-order valence-electron chi connectivity index (χ3n) is 2.14. The fourth-order valence-corrected chi connectivity index (χ4v) is 2.09. The highest BCUT2D eigenvalue weighted by Gasteiger charge is 2.05. The van der Waals surface area contributed by atoms with Crippen molar-refractivity contribution in [1.82, 2.24) is 4.98 Å². The van der Waals surface area contributed by atoms with Gasteiger partial charge in [0.1, 0.15) is 5.82 Å². The number of aryl methyl sites for hydroxylation is 1. The molecule has 0 saturated carbocycles. The number of anilines is 1.